The standard InChI is InChI=1S/C17H19N3O/c1-19(2)17(21)14-8-7-13(18)11-16(14)20-10-9-12-5-3-4-6-15(12)20/h3-8,11H,9-10,18H2,1-2H3. The molecule has 0 aromatic heterocycles. The quantitative estimate of drug-likeness (QED) is 0.861. The van der Waals surface area contributed by atoms with Gasteiger partial charge in [0.25, 0.3) is 5.91 Å². The number of nitrogen functional groups attached to an aromatic ring is 1. The number of benzene rings is 2. The molecule has 2 aromatic rings. The second-order valence-electron chi connectivity index (χ2n) is 5.51. The number of fused-ring (bicyclic) bond motifs is 1. The van der Waals surface area contributed by atoms with Crippen molar-refractivity contribution >= 4 is 23.0 Å². The summed E-state index contributed by atoms with van der Waals surface area (Å²) in [6, 6.07) is 13.8. The highest BCUT2D eigenvalue weighted by Crippen LogP contribution is 2.37. The van der Waals surface area contributed by atoms with Gasteiger partial charge in [0.1, 0.15) is 0 Å². The first-order valence-corrected chi connectivity index (χ1v) is 7.04. The van der Waals surface area contributed by atoms with Gasteiger partial charge in [0, 0.05) is 32.0 Å². The number of anilines is 3. The number of carbonyl (C=O) groups excluding carboxylic acids is 1. The van der Waals surface area contributed by atoms with Gasteiger partial charge < -0.3 is 15.5 Å². The fourth-order valence-corrected chi connectivity index (χ4v) is 2.78. The molecule has 0 spiro atoms. The molecular formula is C17H19N3O. The maximum Gasteiger partial charge on any atom is 0.255 e. The Morgan fingerprint density at radius 2 is 1.90 bits per heavy atom. The molecular weight excluding hydrogens is 262 g/mol. The lowest BCUT2D eigenvalue weighted by Crippen LogP contribution is -2.25. The van der Waals surface area contributed by atoms with Gasteiger partial charge in [-0.15, -0.1) is 0 Å². The van der Waals surface area contributed by atoms with Crippen molar-refractivity contribution in [1.82, 2.24) is 4.90 Å². The number of carbonyl (C=O) groups is 1. The van der Waals surface area contributed by atoms with E-state index in [0.29, 0.717) is 11.3 Å². The zero-order valence-electron chi connectivity index (χ0n) is 12.3. The Labute approximate surface area is 124 Å². The first kappa shape index (κ1) is 13.5. The molecule has 108 valence electrons. The fraction of sp³-hybridized carbons (Fsp3) is 0.235. The van der Waals surface area contributed by atoms with E-state index in [1.165, 1.54) is 5.56 Å². The van der Waals surface area contributed by atoms with E-state index in [2.05, 4.69) is 17.0 Å². The summed E-state index contributed by atoms with van der Waals surface area (Å²) in [4.78, 5) is 16.2. The van der Waals surface area contributed by atoms with E-state index in [-0.39, 0.29) is 5.91 Å². The predicted octanol–water partition coefficient (Wildman–Crippen LogP) is 2.66. The minimum Gasteiger partial charge on any atom is -0.399 e. The fourth-order valence-electron chi connectivity index (χ4n) is 2.78. The molecule has 0 radical (unpaired) electrons. The van der Waals surface area contributed by atoms with Gasteiger partial charge in [-0.25, -0.2) is 0 Å². The second kappa shape index (κ2) is 5.13. The van der Waals surface area contributed by atoms with E-state index >= 15 is 0 Å². The lowest BCUT2D eigenvalue weighted by atomic mass is 10.1. The van der Waals surface area contributed by atoms with Gasteiger partial charge in [-0.1, -0.05) is 18.2 Å². The average molecular weight is 281 g/mol. The number of nitrogens with zero attached hydrogens (tertiary/aromatic N) is 2. The van der Waals surface area contributed by atoms with Gasteiger partial charge in [0.15, 0.2) is 0 Å². The molecule has 4 heteroatoms. The molecule has 0 fully saturated rings. The predicted molar refractivity (Wildman–Crippen MR) is 86.0 cm³/mol. The molecule has 2 aromatic carbocycles. The van der Waals surface area contributed by atoms with Gasteiger partial charge in [0.2, 0.25) is 0 Å². The Bertz CT molecular complexity index is 694. The third kappa shape index (κ3) is 2.33. The molecule has 1 amide bonds. The van der Waals surface area contributed by atoms with Gasteiger partial charge in [0.05, 0.1) is 11.3 Å². The van der Waals surface area contributed by atoms with Crippen molar-refractivity contribution in [3.8, 4) is 0 Å². The van der Waals surface area contributed by atoms with Crippen molar-refractivity contribution in [1.29, 1.82) is 0 Å². The largest absolute Gasteiger partial charge is 0.399 e. The van der Waals surface area contributed by atoms with Crippen LogP contribution in [0.3, 0.4) is 0 Å². The van der Waals surface area contributed by atoms with E-state index in [4.69, 9.17) is 5.73 Å². The molecule has 1 aliphatic heterocycles. The Morgan fingerprint density at radius 1 is 1.14 bits per heavy atom. The monoisotopic (exact) mass is 281 g/mol. The topological polar surface area (TPSA) is 49.6 Å². The lowest BCUT2D eigenvalue weighted by Gasteiger charge is -2.24. The number of rotatable bonds is 2. The Kier molecular flexibility index (Phi) is 3.29. The SMILES string of the molecule is CN(C)C(=O)c1ccc(N)cc1N1CCc2ccccc21. The number of para-hydroxylation sites is 1. The van der Waals surface area contributed by atoms with Crippen LogP contribution in [0.2, 0.25) is 0 Å². The summed E-state index contributed by atoms with van der Waals surface area (Å²) in [7, 11) is 3.53. The summed E-state index contributed by atoms with van der Waals surface area (Å²) < 4.78 is 0. The van der Waals surface area contributed by atoms with Crippen LogP contribution in [0.5, 0.6) is 0 Å². The van der Waals surface area contributed by atoms with Crippen LogP contribution in [0.1, 0.15) is 15.9 Å². The minimum absolute atomic E-state index is 0.00520. The van der Waals surface area contributed by atoms with E-state index in [0.717, 1.165) is 24.3 Å². The molecule has 1 heterocycles. The number of hydrogen-bond acceptors (Lipinski definition) is 3. The van der Waals surface area contributed by atoms with Gasteiger partial charge >= 0.3 is 0 Å². The number of amides is 1. The molecule has 0 aliphatic carbocycles. The Balaban J connectivity index is 2.11. The third-order valence-electron chi connectivity index (χ3n) is 3.84. The number of hydrogen-bond donors (Lipinski definition) is 1. The maximum atomic E-state index is 12.4. The summed E-state index contributed by atoms with van der Waals surface area (Å²) in [5, 5.41) is 0. The molecule has 1 aliphatic rings. The minimum atomic E-state index is -0.00520. The molecule has 0 bridgehead atoms. The van der Waals surface area contributed by atoms with Gasteiger partial charge in [-0.2, -0.15) is 0 Å². The smallest absolute Gasteiger partial charge is 0.255 e. The van der Waals surface area contributed by atoms with Crippen LogP contribution in [-0.2, 0) is 6.42 Å². The molecule has 3 rings (SSSR count). The average Bonchev–Trinajstić information content (AvgIpc) is 2.90. The zero-order valence-corrected chi connectivity index (χ0v) is 12.3. The Hall–Kier alpha value is -2.49. The van der Waals surface area contributed by atoms with E-state index in [9.17, 15) is 4.79 Å². The number of nitrogens with two attached hydrogens (primary N) is 1. The second-order valence-corrected chi connectivity index (χ2v) is 5.51. The van der Waals surface area contributed by atoms with Crippen molar-refractivity contribution in [3.05, 3.63) is 53.6 Å². The van der Waals surface area contributed by atoms with Gasteiger partial charge in [-0.05, 0) is 36.2 Å². The van der Waals surface area contributed by atoms with Gasteiger partial charge in [-0.3, -0.25) is 4.79 Å². The van der Waals surface area contributed by atoms with Crippen LogP contribution >= 0.6 is 0 Å². The van der Waals surface area contributed by atoms with Crippen LogP contribution in [0.4, 0.5) is 17.1 Å². The normalized spacial score (nSPS) is 13.1. The summed E-state index contributed by atoms with van der Waals surface area (Å²) in [5.74, 6) is -0.00520. The van der Waals surface area contributed by atoms with Crippen LogP contribution in [0, 0.1) is 0 Å². The highest BCUT2D eigenvalue weighted by atomic mass is 16.2. The first-order valence-electron chi connectivity index (χ1n) is 7.04. The van der Waals surface area contributed by atoms with Crippen molar-refractivity contribution in [3.63, 3.8) is 0 Å². The highest BCUT2D eigenvalue weighted by Gasteiger charge is 2.24. The van der Waals surface area contributed by atoms with Crippen LogP contribution in [-0.4, -0.2) is 31.4 Å². The molecule has 0 unspecified atom stereocenters. The summed E-state index contributed by atoms with van der Waals surface area (Å²) in [5.41, 5.74) is 10.7. The van der Waals surface area contributed by atoms with Crippen molar-refractivity contribution in [2.75, 3.05) is 31.3 Å². The van der Waals surface area contributed by atoms with Crippen LogP contribution in [0.25, 0.3) is 0 Å². The summed E-state index contributed by atoms with van der Waals surface area (Å²) in [6.07, 6.45) is 0.987. The first-order chi connectivity index (χ1) is 10.1. The lowest BCUT2D eigenvalue weighted by molar-refractivity contribution is 0.0828. The van der Waals surface area contributed by atoms with Crippen molar-refractivity contribution < 1.29 is 4.79 Å². The third-order valence-corrected chi connectivity index (χ3v) is 3.84. The zero-order chi connectivity index (χ0) is 15.0. The highest BCUT2D eigenvalue weighted by molar-refractivity contribution is 6.01. The molecule has 0 saturated heterocycles. The van der Waals surface area contributed by atoms with E-state index in [1.54, 1.807) is 25.1 Å². The molecule has 0 saturated carbocycles. The van der Waals surface area contributed by atoms with Crippen molar-refractivity contribution in [2.45, 2.75) is 6.42 Å². The maximum absolute atomic E-state index is 12.4. The molecule has 2 N–H and O–H groups in total. The molecule has 21 heavy (non-hydrogen) atoms. The summed E-state index contributed by atoms with van der Waals surface area (Å²) >= 11 is 0. The molecule has 0 atom stereocenters. The van der Waals surface area contributed by atoms with E-state index in [1.807, 2.05) is 24.3 Å². The Morgan fingerprint density at radius 3 is 2.67 bits per heavy atom. The van der Waals surface area contributed by atoms with E-state index < -0.39 is 0 Å². The molecule has 4 nitrogen and oxygen atoms in total. The van der Waals surface area contributed by atoms with Crippen LogP contribution in [0.15, 0.2) is 42.5 Å². The summed E-state index contributed by atoms with van der Waals surface area (Å²) in [6.45, 7) is 0.872. The van der Waals surface area contributed by atoms with Crippen molar-refractivity contribution in [2.24, 2.45) is 0 Å². The van der Waals surface area contributed by atoms with Crippen LogP contribution < -0.4 is 10.6 Å².